The molecule has 0 N–H and O–H groups in total. The van der Waals surface area contributed by atoms with Gasteiger partial charge in [0, 0.05) is 4.90 Å². The minimum atomic E-state index is 0.364. The van der Waals surface area contributed by atoms with E-state index in [-0.39, 0.29) is 0 Å². The fourth-order valence-electron chi connectivity index (χ4n) is 2.49. The summed E-state index contributed by atoms with van der Waals surface area (Å²) in [4.78, 5) is 1.97. The van der Waals surface area contributed by atoms with Crippen LogP contribution in [0.2, 0.25) is 0 Å². The zero-order valence-corrected chi connectivity index (χ0v) is 16.4. The minimum absolute atomic E-state index is 0.364. The molecule has 8 heteroatoms. The second kappa shape index (κ2) is 8.41. The van der Waals surface area contributed by atoms with Gasteiger partial charge in [0.15, 0.2) is 22.3 Å². The molecular formula is C19H18N4O2S2. The van der Waals surface area contributed by atoms with Gasteiger partial charge in [-0.1, -0.05) is 41.7 Å². The number of thioether (sulfide) groups is 1. The molecule has 0 spiro atoms. The number of hydrogen-bond acceptors (Lipinski definition) is 7. The first-order valence-corrected chi connectivity index (χ1v) is 10.4. The molecular weight excluding hydrogens is 380 g/mol. The Balaban J connectivity index is 1.44. The summed E-state index contributed by atoms with van der Waals surface area (Å²) < 4.78 is 13.3. The maximum absolute atomic E-state index is 5.90. The molecule has 0 atom stereocenters. The lowest BCUT2D eigenvalue weighted by atomic mass is 10.3. The topological polar surface area (TPSA) is 61.5 Å². The van der Waals surface area contributed by atoms with E-state index in [1.165, 1.54) is 16.2 Å². The van der Waals surface area contributed by atoms with Gasteiger partial charge in [0.05, 0.1) is 12.4 Å². The molecule has 0 saturated carbocycles. The van der Waals surface area contributed by atoms with E-state index >= 15 is 0 Å². The maximum Gasteiger partial charge on any atom is 0.234 e. The smallest absolute Gasteiger partial charge is 0.234 e. The summed E-state index contributed by atoms with van der Waals surface area (Å²) in [6.45, 7) is 2.91. The molecule has 0 aliphatic carbocycles. The van der Waals surface area contributed by atoms with E-state index in [0.29, 0.717) is 24.7 Å². The van der Waals surface area contributed by atoms with Crippen LogP contribution in [-0.4, -0.2) is 26.4 Å². The Hall–Kier alpha value is -2.58. The third-order valence-electron chi connectivity index (χ3n) is 3.71. The number of ether oxygens (including phenoxy) is 2. The van der Waals surface area contributed by atoms with Crippen molar-refractivity contribution in [2.75, 3.05) is 6.61 Å². The van der Waals surface area contributed by atoms with E-state index < -0.39 is 0 Å². The van der Waals surface area contributed by atoms with Crippen LogP contribution >= 0.6 is 23.1 Å². The van der Waals surface area contributed by atoms with Crippen molar-refractivity contribution >= 4 is 28.1 Å². The van der Waals surface area contributed by atoms with Gasteiger partial charge in [-0.25, -0.2) is 0 Å². The third kappa shape index (κ3) is 4.23. The van der Waals surface area contributed by atoms with Gasteiger partial charge in [-0.3, -0.25) is 0 Å². The molecule has 0 amide bonds. The standard InChI is InChI=1S/C19H18N4O2S2/c1-2-24-15-10-6-7-11-16(15)25-12-18-22-23-17(20-21-19(23)27-18)13-26-14-8-4-3-5-9-14/h3-11H,2,12-13H2,1H3. The van der Waals surface area contributed by atoms with E-state index in [4.69, 9.17) is 9.47 Å². The van der Waals surface area contributed by atoms with E-state index in [9.17, 15) is 0 Å². The molecule has 2 aromatic heterocycles. The lowest BCUT2D eigenvalue weighted by Crippen LogP contribution is -2.01. The van der Waals surface area contributed by atoms with Gasteiger partial charge in [-0.05, 0) is 31.2 Å². The van der Waals surface area contributed by atoms with Gasteiger partial charge in [0.2, 0.25) is 4.96 Å². The van der Waals surface area contributed by atoms with E-state index in [1.807, 2.05) is 49.4 Å². The molecule has 0 saturated heterocycles. The summed E-state index contributed by atoms with van der Waals surface area (Å²) in [5.74, 6) is 2.99. The van der Waals surface area contributed by atoms with Crippen molar-refractivity contribution in [3.8, 4) is 11.5 Å². The van der Waals surface area contributed by atoms with Crippen LogP contribution in [0.5, 0.6) is 11.5 Å². The van der Waals surface area contributed by atoms with E-state index in [1.54, 1.807) is 16.3 Å². The average molecular weight is 399 g/mol. The van der Waals surface area contributed by atoms with Gasteiger partial charge in [-0.2, -0.15) is 9.61 Å². The second-order valence-corrected chi connectivity index (χ2v) is 7.67. The van der Waals surface area contributed by atoms with E-state index in [2.05, 4.69) is 27.4 Å². The number of rotatable bonds is 8. The third-order valence-corrected chi connectivity index (χ3v) is 5.59. The molecule has 4 rings (SSSR count). The summed E-state index contributed by atoms with van der Waals surface area (Å²) in [5, 5.41) is 13.9. The minimum Gasteiger partial charge on any atom is -0.490 e. The van der Waals surface area contributed by atoms with Gasteiger partial charge >= 0.3 is 0 Å². The largest absolute Gasteiger partial charge is 0.490 e. The summed E-state index contributed by atoms with van der Waals surface area (Å²) in [6.07, 6.45) is 0. The van der Waals surface area contributed by atoms with Crippen molar-refractivity contribution in [1.82, 2.24) is 19.8 Å². The highest BCUT2D eigenvalue weighted by molar-refractivity contribution is 7.98. The predicted octanol–water partition coefficient (Wildman–Crippen LogP) is 4.46. The average Bonchev–Trinajstić information content (AvgIpc) is 3.27. The maximum atomic E-state index is 5.90. The summed E-state index contributed by atoms with van der Waals surface area (Å²) in [7, 11) is 0. The van der Waals surface area contributed by atoms with Crippen molar-refractivity contribution < 1.29 is 9.47 Å². The normalized spacial score (nSPS) is 11.0. The van der Waals surface area contributed by atoms with Crippen LogP contribution in [0.15, 0.2) is 59.5 Å². The number of hydrogen-bond donors (Lipinski definition) is 0. The fraction of sp³-hybridized carbons (Fsp3) is 0.211. The van der Waals surface area contributed by atoms with Crippen molar-refractivity contribution in [2.24, 2.45) is 0 Å². The van der Waals surface area contributed by atoms with Gasteiger partial charge in [0.25, 0.3) is 0 Å². The summed E-state index contributed by atoms with van der Waals surface area (Å²) in [5.41, 5.74) is 0. The molecule has 0 aliphatic heterocycles. The Bertz CT molecular complexity index is 1020. The Morgan fingerprint density at radius 3 is 2.48 bits per heavy atom. The number of nitrogens with zero attached hydrogens (tertiary/aromatic N) is 4. The highest BCUT2D eigenvalue weighted by atomic mass is 32.2. The highest BCUT2D eigenvalue weighted by Crippen LogP contribution is 2.28. The van der Waals surface area contributed by atoms with Gasteiger partial charge in [-0.15, -0.1) is 22.0 Å². The summed E-state index contributed by atoms with van der Waals surface area (Å²) >= 11 is 3.19. The molecule has 27 heavy (non-hydrogen) atoms. The number of fused-ring (bicyclic) bond motifs is 1. The number of benzene rings is 2. The van der Waals surface area contributed by atoms with E-state index in [0.717, 1.165) is 21.5 Å². The Morgan fingerprint density at radius 2 is 1.70 bits per heavy atom. The van der Waals surface area contributed by atoms with Crippen LogP contribution in [0, 0.1) is 0 Å². The molecule has 4 aromatic rings. The molecule has 0 radical (unpaired) electrons. The Morgan fingerprint density at radius 1 is 0.963 bits per heavy atom. The quantitative estimate of drug-likeness (QED) is 0.409. The molecule has 138 valence electrons. The second-order valence-electron chi connectivity index (χ2n) is 5.58. The molecule has 6 nitrogen and oxygen atoms in total. The zero-order valence-electron chi connectivity index (χ0n) is 14.7. The van der Waals surface area contributed by atoms with Crippen LogP contribution in [-0.2, 0) is 12.4 Å². The van der Waals surface area contributed by atoms with Crippen molar-refractivity contribution in [3.05, 3.63) is 65.4 Å². The first kappa shape index (κ1) is 17.8. The first-order chi connectivity index (χ1) is 13.3. The van der Waals surface area contributed by atoms with Crippen LogP contribution in [0.1, 0.15) is 17.8 Å². The SMILES string of the molecule is CCOc1ccccc1OCc1nn2c(CSc3ccccc3)nnc2s1. The number of aromatic nitrogens is 4. The Labute approximate surface area is 165 Å². The molecule has 0 unspecified atom stereocenters. The highest BCUT2D eigenvalue weighted by Gasteiger charge is 2.13. The molecule has 2 heterocycles. The Kier molecular flexibility index (Phi) is 5.55. The fourth-order valence-corrected chi connectivity index (χ4v) is 4.08. The van der Waals surface area contributed by atoms with Gasteiger partial charge in [0.1, 0.15) is 6.61 Å². The van der Waals surface area contributed by atoms with Crippen LogP contribution in [0.3, 0.4) is 0 Å². The predicted molar refractivity (Wildman–Crippen MR) is 107 cm³/mol. The molecule has 0 aliphatic rings. The van der Waals surface area contributed by atoms with Crippen molar-refractivity contribution in [1.29, 1.82) is 0 Å². The first-order valence-electron chi connectivity index (χ1n) is 8.56. The number of para-hydroxylation sites is 2. The van der Waals surface area contributed by atoms with Crippen molar-refractivity contribution in [2.45, 2.75) is 24.2 Å². The monoisotopic (exact) mass is 398 g/mol. The molecule has 0 fully saturated rings. The lowest BCUT2D eigenvalue weighted by molar-refractivity contribution is 0.268. The van der Waals surface area contributed by atoms with Crippen LogP contribution < -0.4 is 9.47 Å². The zero-order chi connectivity index (χ0) is 18.5. The van der Waals surface area contributed by atoms with Crippen molar-refractivity contribution in [3.63, 3.8) is 0 Å². The van der Waals surface area contributed by atoms with Crippen LogP contribution in [0.25, 0.3) is 4.96 Å². The van der Waals surface area contributed by atoms with Gasteiger partial charge < -0.3 is 9.47 Å². The molecule has 2 aromatic carbocycles. The summed E-state index contributed by atoms with van der Waals surface area (Å²) in [6, 6.07) is 17.9. The lowest BCUT2D eigenvalue weighted by Gasteiger charge is -2.10. The molecule has 0 bridgehead atoms. The van der Waals surface area contributed by atoms with Crippen LogP contribution in [0.4, 0.5) is 0 Å².